The lowest BCUT2D eigenvalue weighted by Crippen LogP contribution is -2.15. The molecule has 1 aromatic rings. The lowest BCUT2D eigenvalue weighted by molar-refractivity contribution is 0.380. The maximum Gasteiger partial charge on any atom is 0.0439 e. The van der Waals surface area contributed by atoms with E-state index in [-0.39, 0.29) is 0 Å². The first-order valence-electron chi connectivity index (χ1n) is 6.86. The van der Waals surface area contributed by atoms with Gasteiger partial charge in [-0.15, -0.1) is 0 Å². The second kappa shape index (κ2) is 6.18. The van der Waals surface area contributed by atoms with Crippen LogP contribution in [0.1, 0.15) is 58.7 Å². The summed E-state index contributed by atoms with van der Waals surface area (Å²) in [6.07, 6.45) is 3.19. The number of nitrogens with zero attached hydrogens (tertiary/aromatic N) is 1. The molecule has 0 N–H and O–H groups in total. The summed E-state index contributed by atoms with van der Waals surface area (Å²) in [5.41, 5.74) is 2.61. The van der Waals surface area contributed by atoms with Gasteiger partial charge < -0.3 is 0 Å². The molecule has 96 valence electrons. The molecule has 0 aliphatic rings. The van der Waals surface area contributed by atoms with Crippen LogP contribution in [0.15, 0.2) is 18.3 Å². The van der Waals surface area contributed by atoms with Crippen LogP contribution in [-0.2, 0) is 6.42 Å². The molecule has 0 aromatic carbocycles. The standard InChI is InChI=1S/C16H27N/c1-11(2)9-14-7-8-15(17-10-14)16(12(3)4)13(5)6/h7-8,10-13,16H,9H2,1-6H3. The van der Waals surface area contributed by atoms with Crippen molar-refractivity contribution in [3.63, 3.8) is 0 Å². The summed E-state index contributed by atoms with van der Waals surface area (Å²) in [6, 6.07) is 4.47. The molecule has 0 spiro atoms. The Morgan fingerprint density at radius 3 is 1.88 bits per heavy atom. The van der Waals surface area contributed by atoms with Crippen molar-refractivity contribution in [2.24, 2.45) is 17.8 Å². The minimum Gasteiger partial charge on any atom is -0.261 e. The molecule has 0 aliphatic heterocycles. The minimum absolute atomic E-state index is 0.572. The highest BCUT2D eigenvalue weighted by Gasteiger charge is 2.20. The second-order valence-corrected chi connectivity index (χ2v) is 6.20. The normalized spacial score (nSPS) is 12.1. The van der Waals surface area contributed by atoms with Gasteiger partial charge in [0.15, 0.2) is 0 Å². The number of hydrogen-bond acceptors (Lipinski definition) is 1. The van der Waals surface area contributed by atoms with Gasteiger partial charge in [-0.1, -0.05) is 47.6 Å². The van der Waals surface area contributed by atoms with Crippen molar-refractivity contribution in [3.8, 4) is 0 Å². The van der Waals surface area contributed by atoms with E-state index >= 15 is 0 Å². The van der Waals surface area contributed by atoms with Gasteiger partial charge in [0.2, 0.25) is 0 Å². The predicted octanol–water partition coefficient (Wildman–Crippen LogP) is 4.68. The average molecular weight is 233 g/mol. The minimum atomic E-state index is 0.572. The van der Waals surface area contributed by atoms with Crippen LogP contribution in [0.4, 0.5) is 0 Å². The molecule has 0 saturated carbocycles. The highest BCUT2D eigenvalue weighted by Crippen LogP contribution is 2.30. The van der Waals surface area contributed by atoms with E-state index in [4.69, 9.17) is 0 Å². The molecule has 17 heavy (non-hydrogen) atoms. The average Bonchev–Trinajstić information content (AvgIpc) is 2.18. The molecule has 1 aromatic heterocycles. The maximum absolute atomic E-state index is 4.67. The van der Waals surface area contributed by atoms with Crippen molar-refractivity contribution in [1.82, 2.24) is 4.98 Å². The summed E-state index contributed by atoms with van der Waals surface area (Å²) in [7, 11) is 0. The third-order valence-electron chi connectivity index (χ3n) is 3.27. The van der Waals surface area contributed by atoms with E-state index in [1.807, 2.05) is 0 Å². The van der Waals surface area contributed by atoms with Crippen molar-refractivity contribution in [2.75, 3.05) is 0 Å². The van der Waals surface area contributed by atoms with Gasteiger partial charge in [0, 0.05) is 17.8 Å². The van der Waals surface area contributed by atoms with E-state index in [1.54, 1.807) is 0 Å². The Bertz CT molecular complexity index is 314. The van der Waals surface area contributed by atoms with Crippen LogP contribution in [0.5, 0.6) is 0 Å². The molecule has 1 rings (SSSR count). The molecule has 1 heteroatoms. The van der Waals surface area contributed by atoms with Crippen LogP contribution in [0.25, 0.3) is 0 Å². The lowest BCUT2D eigenvalue weighted by Gasteiger charge is -2.24. The highest BCUT2D eigenvalue weighted by molar-refractivity contribution is 5.18. The Labute approximate surface area is 107 Å². The zero-order valence-corrected chi connectivity index (χ0v) is 12.2. The largest absolute Gasteiger partial charge is 0.261 e. The van der Waals surface area contributed by atoms with E-state index < -0.39 is 0 Å². The van der Waals surface area contributed by atoms with Crippen molar-refractivity contribution >= 4 is 0 Å². The van der Waals surface area contributed by atoms with E-state index in [2.05, 4.69) is 64.9 Å². The Balaban J connectivity index is 2.85. The van der Waals surface area contributed by atoms with Gasteiger partial charge in [0.1, 0.15) is 0 Å². The van der Waals surface area contributed by atoms with Crippen molar-refractivity contribution < 1.29 is 0 Å². The van der Waals surface area contributed by atoms with Crippen molar-refractivity contribution in [3.05, 3.63) is 29.6 Å². The maximum atomic E-state index is 4.67. The molecule has 0 aliphatic carbocycles. The first-order chi connectivity index (χ1) is 7.91. The van der Waals surface area contributed by atoms with Crippen LogP contribution in [0, 0.1) is 17.8 Å². The Kier molecular flexibility index (Phi) is 5.17. The number of hydrogen-bond donors (Lipinski definition) is 0. The first kappa shape index (κ1) is 14.2. The van der Waals surface area contributed by atoms with Gasteiger partial charge in [-0.05, 0) is 35.8 Å². The molecular weight excluding hydrogens is 206 g/mol. The Hall–Kier alpha value is -0.850. The monoisotopic (exact) mass is 233 g/mol. The molecule has 0 amide bonds. The van der Waals surface area contributed by atoms with Crippen LogP contribution < -0.4 is 0 Å². The smallest absolute Gasteiger partial charge is 0.0439 e. The molecule has 0 saturated heterocycles. The SMILES string of the molecule is CC(C)Cc1ccc(C(C(C)C)C(C)C)nc1. The van der Waals surface area contributed by atoms with Crippen molar-refractivity contribution in [1.29, 1.82) is 0 Å². The topological polar surface area (TPSA) is 12.9 Å². The van der Waals surface area contributed by atoms with Gasteiger partial charge in [0.05, 0.1) is 0 Å². The van der Waals surface area contributed by atoms with Crippen molar-refractivity contribution in [2.45, 2.75) is 53.9 Å². The van der Waals surface area contributed by atoms with E-state index in [0.29, 0.717) is 23.7 Å². The number of aromatic nitrogens is 1. The van der Waals surface area contributed by atoms with E-state index in [0.717, 1.165) is 6.42 Å². The zero-order chi connectivity index (χ0) is 13.0. The van der Waals surface area contributed by atoms with Crippen LogP contribution in [0.3, 0.4) is 0 Å². The highest BCUT2D eigenvalue weighted by atomic mass is 14.7. The fourth-order valence-electron chi connectivity index (χ4n) is 2.68. The van der Waals surface area contributed by atoms with Gasteiger partial charge in [-0.2, -0.15) is 0 Å². The molecule has 1 heterocycles. The molecule has 0 atom stereocenters. The quantitative estimate of drug-likeness (QED) is 0.720. The molecule has 0 unspecified atom stereocenters. The lowest BCUT2D eigenvalue weighted by atomic mass is 9.82. The van der Waals surface area contributed by atoms with Crippen LogP contribution in [0.2, 0.25) is 0 Å². The van der Waals surface area contributed by atoms with Gasteiger partial charge >= 0.3 is 0 Å². The third kappa shape index (κ3) is 4.14. The third-order valence-corrected chi connectivity index (χ3v) is 3.27. The van der Waals surface area contributed by atoms with E-state index in [1.165, 1.54) is 11.3 Å². The fraction of sp³-hybridized carbons (Fsp3) is 0.688. The number of rotatable bonds is 5. The Morgan fingerprint density at radius 2 is 1.53 bits per heavy atom. The molecule has 0 radical (unpaired) electrons. The first-order valence-corrected chi connectivity index (χ1v) is 6.86. The summed E-state index contributed by atoms with van der Waals surface area (Å²) in [4.78, 5) is 4.67. The van der Waals surface area contributed by atoms with Crippen LogP contribution in [-0.4, -0.2) is 4.98 Å². The summed E-state index contributed by atoms with van der Waals surface area (Å²) >= 11 is 0. The summed E-state index contributed by atoms with van der Waals surface area (Å²) in [5, 5.41) is 0. The van der Waals surface area contributed by atoms with Gasteiger partial charge in [0.25, 0.3) is 0 Å². The molecule has 0 fully saturated rings. The Morgan fingerprint density at radius 1 is 0.941 bits per heavy atom. The zero-order valence-electron chi connectivity index (χ0n) is 12.2. The number of pyridine rings is 1. The molecular formula is C16H27N. The van der Waals surface area contributed by atoms with E-state index in [9.17, 15) is 0 Å². The molecule has 0 bridgehead atoms. The molecule has 1 nitrogen and oxygen atoms in total. The summed E-state index contributed by atoms with van der Waals surface area (Å²) < 4.78 is 0. The van der Waals surface area contributed by atoms with Gasteiger partial charge in [-0.3, -0.25) is 4.98 Å². The van der Waals surface area contributed by atoms with Crippen LogP contribution >= 0.6 is 0 Å². The summed E-state index contributed by atoms with van der Waals surface area (Å²) in [5.74, 6) is 2.58. The second-order valence-electron chi connectivity index (χ2n) is 6.20. The van der Waals surface area contributed by atoms with Gasteiger partial charge in [-0.25, -0.2) is 0 Å². The fourth-order valence-corrected chi connectivity index (χ4v) is 2.68. The summed E-state index contributed by atoms with van der Waals surface area (Å²) in [6.45, 7) is 13.6. The predicted molar refractivity (Wildman–Crippen MR) is 75.2 cm³/mol.